The van der Waals surface area contributed by atoms with E-state index in [1.807, 2.05) is 12.1 Å². The highest BCUT2D eigenvalue weighted by molar-refractivity contribution is 5.85. The Labute approximate surface area is 139 Å². The second-order valence-corrected chi connectivity index (χ2v) is 5.80. The number of carbonyl (C=O) groups excluding carboxylic acids is 1. The number of carbonyl (C=O) groups is 1. The molecule has 0 saturated heterocycles. The van der Waals surface area contributed by atoms with Gasteiger partial charge in [0, 0.05) is 12.5 Å². The Bertz CT molecular complexity index is 450. The number of nitrogens with one attached hydrogen (secondary N) is 1. The molecule has 0 aliphatic heterocycles. The number of hydrogen-bond acceptors (Lipinski definition) is 3. The van der Waals surface area contributed by atoms with Crippen molar-refractivity contribution in [3.63, 3.8) is 0 Å². The Morgan fingerprint density at radius 1 is 1.32 bits per heavy atom. The normalized spacial score (nSPS) is 20.3. The van der Waals surface area contributed by atoms with Crippen molar-refractivity contribution in [3.05, 3.63) is 29.8 Å². The van der Waals surface area contributed by atoms with Gasteiger partial charge in [0.15, 0.2) is 0 Å². The van der Waals surface area contributed by atoms with Gasteiger partial charge < -0.3 is 15.8 Å². The molecule has 0 aromatic heterocycles. The largest absolute Gasteiger partial charge is 0.497 e. The second kappa shape index (κ2) is 9.70. The zero-order chi connectivity index (χ0) is 15.1. The summed E-state index contributed by atoms with van der Waals surface area (Å²) in [6.45, 7) is 0.677. The van der Waals surface area contributed by atoms with Gasteiger partial charge in [-0.2, -0.15) is 0 Å². The van der Waals surface area contributed by atoms with Gasteiger partial charge in [-0.25, -0.2) is 0 Å². The van der Waals surface area contributed by atoms with Crippen molar-refractivity contribution in [1.82, 2.24) is 5.32 Å². The zero-order valence-electron chi connectivity index (χ0n) is 13.2. The standard InChI is InChI=1S/C17H26N2O2.ClH/c1-21-15-10-8-13(9-11-15)4-2-7-17(20)19-16-6-3-5-14(16)12-18;/h8-11,14,16H,2-7,12,18H2,1H3,(H,19,20);1H. The molecular weight excluding hydrogens is 300 g/mol. The lowest BCUT2D eigenvalue weighted by Gasteiger charge is -2.19. The van der Waals surface area contributed by atoms with Crippen LogP contribution in [0, 0.1) is 5.92 Å². The number of halogens is 1. The first-order valence-electron chi connectivity index (χ1n) is 7.85. The topological polar surface area (TPSA) is 64.3 Å². The summed E-state index contributed by atoms with van der Waals surface area (Å²) in [5.41, 5.74) is 6.98. The van der Waals surface area contributed by atoms with Gasteiger partial charge in [0.25, 0.3) is 0 Å². The van der Waals surface area contributed by atoms with Crippen LogP contribution >= 0.6 is 12.4 Å². The Hall–Kier alpha value is -1.26. The third-order valence-electron chi connectivity index (χ3n) is 4.34. The van der Waals surface area contributed by atoms with E-state index in [-0.39, 0.29) is 18.3 Å². The Morgan fingerprint density at radius 3 is 2.68 bits per heavy atom. The summed E-state index contributed by atoms with van der Waals surface area (Å²) in [6, 6.07) is 8.32. The maximum atomic E-state index is 12.0. The maximum Gasteiger partial charge on any atom is 0.220 e. The number of hydrogen-bond donors (Lipinski definition) is 2. The number of ether oxygens (including phenoxy) is 1. The van der Waals surface area contributed by atoms with E-state index in [0.717, 1.165) is 31.4 Å². The smallest absolute Gasteiger partial charge is 0.220 e. The second-order valence-electron chi connectivity index (χ2n) is 5.80. The van der Waals surface area contributed by atoms with E-state index >= 15 is 0 Å². The van der Waals surface area contributed by atoms with E-state index < -0.39 is 0 Å². The number of nitrogens with two attached hydrogens (primary N) is 1. The van der Waals surface area contributed by atoms with Gasteiger partial charge in [-0.15, -0.1) is 12.4 Å². The molecule has 124 valence electrons. The molecule has 2 unspecified atom stereocenters. The summed E-state index contributed by atoms with van der Waals surface area (Å²) in [5, 5.41) is 3.15. The molecule has 1 aromatic rings. The average molecular weight is 327 g/mol. The lowest BCUT2D eigenvalue weighted by Crippen LogP contribution is -2.39. The van der Waals surface area contributed by atoms with E-state index in [2.05, 4.69) is 17.4 Å². The fourth-order valence-electron chi connectivity index (χ4n) is 3.03. The number of amides is 1. The van der Waals surface area contributed by atoms with E-state index in [9.17, 15) is 4.79 Å². The lowest BCUT2D eigenvalue weighted by molar-refractivity contribution is -0.122. The van der Waals surface area contributed by atoms with E-state index in [1.54, 1.807) is 7.11 Å². The predicted octanol–water partition coefficient (Wildman–Crippen LogP) is 2.68. The van der Waals surface area contributed by atoms with Gasteiger partial charge in [-0.1, -0.05) is 18.6 Å². The number of aryl methyl sites for hydroxylation is 1. The molecule has 2 atom stereocenters. The minimum atomic E-state index is 0. The Kier molecular flexibility index (Phi) is 8.28. The number of methoxy groups -OCH3 is 1. The van der Waals surface area contributed by atoms with Crippen molar-refractivity contribution in [1.29, 1.82) is 0 Å². The quantitative estimate of drug-likeness (QED) is 0.809. The molecule has 1 fully saturated rings. The van der Waals surface area contributed by atoms with Gasteiger partial charge in [-0.3, -0.25) is 4.79 Å². The van der Waals surface area contributed by atoms with Crippen LogP contribution in [0.3, 0.4) is 0 Å². The molecular formula is C17H27ClN2O2. The van der Waals surface area contributed by atoms with Crippen LogP contribution in [0.2, 0.25) is 0 Å². The minimum absolute atomic E-state index is 0. The fourth-order valence-corrected chi connectivity index (χ4v) is 3.03. The van der Waals surface area contributed by atoms with Crippen LogP contribution in [-0.4, -0.2) is 25.6 Å². The first-order chi connectivity index (χ1) is 10.2. The predicted molar refractivity (Wildman–Crippen MR) is 91.5 cm³/mol. The highest BCUT2D eigenvalue weighted by atomic mass is 35.5. The molecule has 0 heterocycles. The SMILES string of the molecule is COc1ccc(CCCC(=O)NC2CCCC2CN)cc1.Cl. The Morgan fingerprint density at radius 2 is 2.05 bits per heavy atom. The van der Waals surface area contributed by atoms with Crippen molar-refractivity contribution in [2.24, 2.45) is 11.7 Å². The van der Waals surface area contributed by atoms with E-state index in [0.29, 0.717) is 24.9 Å². The molecule has 2 rings (SSSR count). The van der Waals surface area contributed by atoms with Gasteiger partial charge in [0.1, 0.15) is 5.75 Å². The van der Waals surface area contributed by atoms with Crippen LogP contribution < -0.4 is 15.8 Å². The molecule has 4 nitrogen and oxygen atoms in total. The highest BCUT2D eigenvalue weighted by Gasteiger charge is 2.26. The minimum Gasteiger partial charge on any atom is -0.497 e. The molecule has 1 aliphatic carbocycles. The molecule has 0 radical (unpaired) electrons. The van der Waals surface area contributed by atoms with E-state index in [1.165, 1.54) is 12.0 Å². The molecule has 1 amide bonds. The van der Waals surface area contributed by atoms with Crippen molar-refractivity contribution in [3.8, 4) is 5.75 Å². The monoisotopic (exact) mass is 326 g/mol. The number of benzene rings is 1. The molecule has 5 heteroatoms. The summed E-state index contributed by atoms with van der Waals surface area (Å²) in [7, 11) is 1.66. The summed E-state index contributed by atoms with van der Waals surface area (Å²) in [5.74, 6) is 1.50. The third-order valence-corrected chi connectivity index (χ3v) is 4.34. The molecule has 1 aliphatic rings. The fraction of sp³-hybridized carbons (Fsp3) is 0.588. The lowest BCUT2D eigenvalue weighted by atomic mass is 10.0. The van der Waals surface area contributed by atoms with Gasteiger partial charge in [-0.05, 0) is 55.8 Å². The summed E-state index contributed by atoms with van der Waals surface area (Å²) < 4.78 is 5.13. The zero-order valence-corrected chi connectivity index (χ0v) is 14.0. The van der Waals surface area contributed by atoms with Crippen molar-refractivity contribution < 1.29 is 9.53 Å². The molecule has 1 saturated carbocycles. The molecule has 0 spiro atoms. The van der Waals surface area contributed by atoms with Crippen LogP contribution in [0.5, 0.6) is 5.75 Å². The molecule has 22 heavy (non-hydrogen) atoms. The Balaban J connectivity index is 0.00000242. The van der Waals surface area contributed by atoms with Crippen molar-refractivity contribution in [2.75, 3.05) is 13.7 Å². The first-order valence-corrected chi connectivity index (χ1v) is 7.85. The highest BCUT2D eigenvalue weighted by Crippen LogP contribution is 2.24. The molecule has 3 N–H and O–H groups in total. The van der Waals surface area contributed by atoms with Crippen LogP contribution in [0.25, 0.3) is 0 Å². The third kappa shape index (κ3) is 5.50. The van der Waals surface area contributed by atoms with Crippen molar-refractivity contribution >= 4 is 18.3 Å². The van der Waals surface area contributed by atoms with Crippen molar-refractivity contribution in [2.45, 2.75) is 44.6 Å². The summed E-state index contributed by atoms with van der Waals surface area (Å²) >= 11 is 0. The summed E-state index contributed by atoms with van der Waals surface area (Å²) in [6.07, 6.45) is 5.78. The summed E-state index contributed by atoms with van der Waals surface area (Å²) in [4.78, 5) is 12.0. The average Bonchev–Trinajstić information content (AvgIpc) is 2.95. The van der Waals surface area contributed by atoms with Gasteiger partial charge in [0.05, 0.1) is 7.11 Å². The van der Waals surface area contributed by atoms with E-state index in [4.69, 9.17) is 10.5 Å². The van der Waals surface area contributed by atoms with Gasteiger partial charge in [0.2, 0.25) is 5.91 Å². The van der Waals surface area contributed by atoms with Crippen LogP contribution in [0.1, 0.15) is 37.7 Å². The van der Waals surface area contributed by atoms with Crippen LogP contribution in [0.15, 0.2) is 24.3 Å². The molecule has 0 bridgehead atoms. The van der Waals surface area contributed by atoms with Crippen LogP contribution in [-0.2, 0) is 11.2 Å². The van der Waals surface area contributed by atoms with Crippen LogP contribution in [0.4, 0.5) is 0 Å². The first kappa shape index (κ1) is 18.8. The maximum absolute atomic E-state index is 12.0. The molecule has 1 aromatic carbocycles. The van der Waals surface area contributed by atoms with Gasteiger partial charge >= 0.3 is 0 Å². The number of rotatable bonds is 7.